The minimum Gasteiger partial charge on any atom is -0.397 e. The highest BCUT2D eigenvalue weighted by Crippen LogP contribution is 2.33. The van der Waals surface area contributed by atoms with Gasteiger partial charge in [0, 0.05) is 11.0 Å². The van der Waals surface area contributed by atoms with Gasteiger partial charge in [-0.15, -0.1) is 0 Å². The summed E-state index contributed by atoms with van der Waals surface area (Å²) < 4.78 is 0.966. The van der Waals surface area contributed by atoms with Gasteiger partial charge in [0.1, 0.15) is 0 Å². The Hall–Kier alpha value is -0.740. The molecule has 1 aliphatic carbocycles. The van der Waals surface area contributed by atoms with Crippen molar-refractivity contribution in [3.05, 3.63) is 22.7 Å². The molecular weight excluding hydrogens is 256 g/mol. The second kappa shape index (κ2) is 4.41. The zero-order valence-electron chi connectivity index (χ0n) is 8.41. The fourth-order valence-electron chi connectivity index (χ4n) is 1.56. The fraction of sp³-hybridized carbons (Fsp3) is 0.455. The number of aliphatic hydroxyl groups excluding tert-OH is 1. The molecule has 1 atom stereocenters. The van der Waals surface area contributed by atoms with E-state index in [-0.39, 0.29) is 6.10 Å². The van der Waals surface area contributed by atoms with Gasteiger partial charge in [-0.1, -0.05) is 15.9 Å². The summed E-state index contributed by atoms with van der Waals surface area (Å²) in [5.74, 6) is 0.495. The van der Waals surface area contributed by atoms with E-state index in [0.717, 1.165) is 23.0 Å². The van der Waals surface area contributed by atoms with Crippen molar-refractivity contribution in [1.82, 2.24) is 0 Å². The van der Waals surface area contributed by atoms with Crippen molar-refractivity contribution in [3.8, 4) is 0 Å². The van der Waals surface area contributed by atoms with E-state index in [9.17, 15) is 5.11 Å². The Kier molecular flexibility index (Phi) is 3.17. The van der Waals surface area contributed by atoms with Crippen LogP contribution < -0.4 is 11.1 Å². The number of rotatable bonds is 4. The maximum atomic E-state index is 9.68. The standard InChI is InChI=1S/C11H15BrN2O/c12-8-3-4-10(9(13)5-8)14-6-11(15)7-1-2-7/h3-5,7,11,14-15H,1-2,6,13H2. The third-order valence-corrected chi connectivity index (χ3v) is 3.17. The molecule has 1 aliphatic rings. The van der Waals surface area contributed by atoms with Crippen LogP contribution in [0.1, 0.15) is 12.8 Å². The number of nitrogens with one attached hydrogen (secondary N) is 1. The van der Waals surface area contributed by atoms with Crippen LogP contribution in [0.25, 0.3) is 0 Å². The van der Waals surface area contributed by atoms with Crippen LogP contribution in [0.2, 0.25) is 0 Å². The largest absolute Gasteiger partial charge is 0.397 e. The molecule has 0 radical (unpaired) electrons. The van der Waals surface area contributed by atoms with Gasteiger partial charge in [0.15, 0.2) is 0 Å². The van der Waals surface area contributed by atoms with Gasteiger partial charge in [-0.05, 0) is 37.0 Å². The number of nitrogen functional groups attached to an aromatic ring is 1. The number of benzene rings is 1. The third-order valence-electron chi connectivity index (χ3n) is 2.68. The zero-order chi connectivity index (χ0) is 10.8. The highest BCUT2D eigenvalue weighted by molar-refractivity contribution is 9.10. The molecule has 4 N–H and O–H groups in total. The summed E-state index contributed by atoms with van der Waals surface area (Å²) in [7, 11) is 0. The minimum absolute atomic E-state index is 0.243. The van der Waals surface area contributed by atoms with Gasteiger partial charge >= 0.3 is 0 Å². The SMILES string of the molecule is Nc1cc(Br)ccc1NCC(O)C1CC1. The maximum absolute atomic E-state index is 9.68. The lowest BCUT2D eigenvalue weighted by Gasteiger charge is -2.13. The Morgan fingerprint density at radius 3 is 2.87 bits per heavy atom. The van der Waals surface area contributed by atoms with Crippen LogP contribution in [0.4, 0.5) is 11.4 Å². The smallest absolute Gasteiger partial charge is 0.0740 e. The highest BCUT2D eigenvalue weighted by Gasteiger charge is 2.29. The summed E-state index contributed by atoms with van der Waals surface area (Å²) in [5, 5.41) is 12.8. The lowest BCUT2D eigenvalue weighted by molar-refractivity contribution is 0.164. The number of anilines is 2. The number of hydrogen-bond acceptors (Lipinski definition) is 3. The van der Waals surface area contributed by atoms with Crippen LogP contribution >= 0.6 is 15.9 Å². The molecule has 82 valence electrons. The van der Waals surface area contributed by atoms with Crippen LogP contribution in [0.3, 0.4) is 0 Å². The molecule has 0 saturated heterocycles. The first-order valence-corrected chi connectivity index (χ1v) is 5.93. The first kappa shape index (κ1) is 10.8. The van der Waals surface area contributed by atoms with E-state index >= 15 is 0 Å². The molecule has 1 saturated carbocycles. The Morgan fingerprint density at radius 2 is 2.27 bits per heavy atom. The zero-order valence-corrected chi connectivity index (χ0v) is 10.00. The van der Waals surface area contributed by atoms with Crippen molar-refractivity contribution < 1.29 is 5.11 Å². The topological polar surface area (TPSA) is 58.3 Å². The van der Waals surface area contributed by atoms with Gasteiger partial charge in [-0.25, -0.2) is 0 Å². The molecule has 1 aromatic rings. The molecule has 0 bridgehead atoms. The molecule has 3 nitrogen and oxygen atoms in total. The number of halogens is 1. The summed E-state index contributed by atoms with van der Waals surface area (Å²) in [5.41, 5.74) is 7.41. The average Bonchev–Trinajstić information content (AvgIpc) is 2.99. The number of hydrogen-bond donors (Lipinski definition) is 3. The van der Waals surface area contributed by atoms with Gasteiger partial charge in [0.2, 0.25) is 0 Å². The molecule has 0 heterocycles. The van der Waals surface area contributed by atoms with E-state index in [1.54, 1.807) is 0 Å². The van der Waals surface area contributed by atoms with E-state index in [1.165, 1.54) is 0 Å². The Bertz CT molecular complexity index is 352. The quantitative estimate of drug-likeness (QED) is 0.736. The highest BCUT2D eigenvalue weighted by atomic mass is 79.9. The lowest BCUT2D eigenvalue weighted by atomic mass is 10.2. The van der Waals surface area contributed by atoms with Crippen LogP contribution in [0.15, 0.2) is 22.7 Å². The first-order chi connectivity index (χ1) is 7.16. The second-order valence-electron chi connectivity index (χ2n) is 4.02. The number of nitrogens with two attached hydrogens (primary N) is 1. The Morgan fingerprint density at radius 1 is 1.53 bits per heavy atom. The van der Waals surface area contributed by atoms with Gasteiger partial charge in [0.25, 0.3) is 0 Å². The monoisotopic (exact) mass is 270 g/mol. The Labute approximate surface area is 97.8 Å². The molecule has 0 aromatic heterocycles. The summed E-state index contributed by atoms with van der Waals surface area (Å²) in [6, 6.07) is 5.70. The first-order valence-electron chi connectivity index (χ1n) is 5.14. The van der Waals surface area contributed by atoms with Crippen LogP contribution in [-0.4, -0.2) is 17.8 Å². The number of aliphatic hydroxyl groups is 1. The molecule has 1 unspecified atom stereocenters. The van der Waals surface area contributed by atoms with Crippen LogP contribution in [0.5, 0.6) is 0 Å². The molecule has 0 aliphatic heterocycles. The summed E-state index contributed by atoms with van der Waals surface area (Å²) in [6.07, 6.45) is 2.06. The molecular formula is C11H15BrN2O. The van der Waals surface area contributed by atoms with Gasteiger partial charge < -0.3 is 16.2 Å². The predicted octanol–water partition coefficient (Wildman–Crippen LogP) is 2.21. The van der Waals surface area contributed by atoms with Crippen molar-refractivity contribution in [2.75, 3.05) is 17.6 Å². The Balaban J connectivity index is 1.92. The molecule has 1 aromatic carbocycles. The molecule has 15 heavy (non-hydrogen) atoms. The van der Waals surface area contributed by atoms with E-state index < -0.39 is 0 Å². The average molecular weight is 271 g/mol. The van der Waals surface area contributed by atoms with Crippen molar-refractivity contribution in [3.63, 3.8) is 0 Å². The summed E-state index contributed by atoms with van der Waals surface area (Å²) in [6.45, 7) is 0.580. The van der Waals surface area contributed by atoms with E-state index in [0.29, 0.717) is 18.2 Å². The molecule has 0 amide bonds. The second-order valence-corrected chi connectivity index (χ2v) is 4.93. The lowest BCUT2D eigenvalue weighted by Crippen LogP contribution is -2.21. The van der Waals surface area contributed by atoms with Gasteiger partial charge in [0.05, 0.1) is 17.5 Å². The molecule has 4 heteroatoms. The summed E-state index contributed by atoms with van der Waals surface area (Å²) in [4.78, 5) is 0. The molecule has 2 rings (SSSR count). The fourth-order valence-corrected chi connectivity index (χ4v) is 1.94. The van der Waals surface area contributed by atoms with Crippen molar-refractivity contribution in [1.29, 1.82) is 0 Å². The molecule has 0 spiro atoms. The van der Waals surface area contributed by atoms with E-state index in [4.69, 9.17) is 5.73 Å². The van der Waals surface area contributed by atoms with Gasteiger partial charge in [-0.3, -0.25) is 0 Å². The van der Waals surface area contributed by atoms with Gasteiger partial charge in [-0.2, -0.15) is 0 Å². The van der Waals surface area contributed by atoms with E-state index in [2.05, 4.69) is 21.2 Å². The van der Waals surface area contributed by atoms with Crippen molar-refractivity contribution >= 4 is 27.3 Å². The maximum Gasteiger partial charge on any atom is 0.0740 e. The van der Waals surface area contributed by atoms with Crippen molar-refractivity contribution in [2.24, 2.45) is 5.92 Å². The van der Waals surface area contributed by atoms with Crippen LogP contribution in [0, 0.1) is 5.92 Å². The van der Waals surface area contributed by atoms with E-state index in [1.807, 2.05) is 18.2 Å². The summed E-state index contributed by atoms with van der Waals surface area (Å²) >= 11 is 3.35. The van der Waals surface area contributed by atoms with Crippen molar-refractivity contribution in [2.45, 2.75) is 18.9 Å². The van der Waals surface area contributed by atoms with Crippen LogP contribution in [-0.2, 0) is 0 Å². The molecule has 1 fully saturated rings. The predicted molar refractivity (Wildman–Crippen MR) is 65.8 cm³/mol. The normalized spacial score (nSPS) is 17.5. The minimum atomic E-state index is -0.243. The third kappa shape index (κ3) is 2.86.